The van der Waals surface area contributed by atoms with Crippen molar-refractivity contribution in [2.24, 2.45) is 5.73 Å². The minimum atomic E-state index is 0.556. The number of hydrogen-bond acceptors (Lipinski definition) is 2. The molecule has 0 aliphatic rings. The van der Waals surface area contributed by atoms with Crippen LogP contribution in [0, 0.1) is 0 Å². The molecule has 0 atom stereocenters. The summed E-state index contributed by atoms with van der Waals surface area (Å²) in [6.45, 7) is 1.16. The largest absolute Gasteiger partial charge is 0.489 e. The SMILES string of the molecule is NCCc1cn(Cl)c2ccc(OCc3ccccc3)cc12. The van der Waals surface area contributed by atoms with E-state index in [1.807, 2.05) is 54.7 Å². The number of hydrogen-bond donors (Lipinski definition) is 1. The Kier molecular flexibility index (Phi) is 4.13. The molecule has 2 N–H and O–H groups in total. The molecule has 0 fully saturated rings. The van der Waals surface area contributed by atoms with Crippen molar-refractivity contribution in [3.8, 4) is 5.75 Å². The molecule has 0 amide bonds. The number of benzene rings is 2. The average Bonchev–Trinajstić information content (AvgIpc) is 2.83. The molecule has 3 rings (SSSR count). The molecule has 0 bridgehead atoms. The molecule has 3 aromatic rings. The van der Waals surface area contributed by atoms with Crippen LogP contribution in [-0.2, 0) is 13.0 Å². The van der Waals surface area contributed by atoms with Crippen LogP contribution in [0.15, 0.2) is 54.7 Å². The zero-order valence-electron chi connectivity index (χ0n) is 11.6. The molecular formula is C17H17ClN2O. The molecule has 0 spiro atoms. The lowest BCUT2D eigenvalue weighted by Crippen LogP contribution is -2.02. The van der Waals surface area contributed by atoms with Crippen LogP contribution in [-0.4, -0.2) is 10.6 Å². The van der Waals surface area contributed by atoms with Crippen molar-refractivity contribution in [1.82, 2.24) is 4.09 Å². The molecule has 1 heterocycles. The van der Waals surface area contributed by atoms with E-state index in [9.17, 15) is 0 Å². The molecule has 0 saturated heterocycles. The number of rotatable bonds is 5. The van der Waals surface area contributed by atoms with Crippen LogP contribution >= 0.6 is 11.8 Å². The summed E-state index contributed by atoms with van der Waals surface area (Å²) in [7, 11) is 0. The fourth-order valence-electron chi connectivity index (χ4n) is 2.42. The summed E-state index contributed by atoms with van der Waals surface area (Å²) < 4.78 is 7.47. The van der Waals surface area contributed by atoms with Crippen molar-refractivity contribution in [1.29, 1.82) is 0 Å². The first-order valence-electron chi connectivity index (χ1n) is 6.95. The van der Waals surface area contributed by atoms with E-state index in [2.05, 4.69) is 0 Å². The maximum Gasteiger partial charge on any atom is 0.120 e. The Bertz CT molecular complexity index is 737. The third kappa shape index (κ3) is 3.04. The topological polar surface area (TPSA) is 40.2 Å². The summed E-state index contributed by atoms with van der Waals surface area (Å²) >= 11 is 6.17. The molecule has 0 radical (unpaired) electrons. The summed E-state index contributed by atoms with van der Waals surface area (Å²) in [4.78, 5) is 0. The first-order chi connectivity index (χ1) is 10.3. The van der Waals surface area contributed by atoms with Crippen LogP contribution < -0.4 is 10.5 Å². The number of ether oxygens (including phenoxy) is 1. The van der Waals surface area contributed by atoms with Gasteiger partial charge < -0.3 is 10.5 Å². The van der Waals surface area contributed by atoms with E-state index in [1.165, 1.54) is 0 Å². The maximum absolute atomic E-state index is 6.17. The monoisotopic (exact) mass is 300 g/mol. The first kappa shape index (κ1) is 14.0. The van der Waals surface area contributed by atoms with Crippen molar-refractivity contribution in [2.45, 2.75) is 13.0 Å². The van der Waals surface area contributed by atoms with Crippen LogP contribution in [0.1, 0.15) is 11.1 Å². The second kappa shape index (κ2) is 6.20. The van der Waals surface area contributed by atoms with Gasteiger partial charge in [0.1, 0.15) is 12.4 Å². The lowest BCUT2D eigenvalue weighted by molar-refractivity contribution is 0.306. The van der Waals surface area contributed by atoms with Crippen molar-refractivity contribution in [3.63, 3.8) is 0 Å². The van der Waals surface area contributed by atoms with Gasteiger partial charge in [-0.05, 0) is 42.3 Å². The lowest BCUT2D eigenvalue weighted by Gasteiger charge is -2.07. The standard InChI is InChI=1S/C17H17ClN2O/c18-20-11-14(8-9-19)16-10-15(6-7-17(16)20)21-12-13-4-2-1-3-5-13/h1-7,10-11H,8-9,12,19H2. The molecule has 0 saturated carbocycles. The predicted molar refractivity (Wildman–Crippen MR) is 86.7 cm³/mol. The van der Waals surface area contributed by atoms with Gasteiger partial charge in [-0.2, -0.15) is 0 Å². The fraction of sp³-hybridized carbons (Fsp3) is 0.176. The van der Waals surface area contributed by atoms with Crippen molar-refractivity contribution >= 4 is 22.7 Å². The highest BCUT2D eigenvalue weighted by Gasteiger charge is 2.08. The number of halogens is 1. The smallest absolute Gasteiger partial charge is 0.120 e. The van der Waals surface area contributed by atoms with Gasteiger partial charge in [0.25, 0.3) is 0 Å². The summed E-state index contributed by atoms with van der Waals surface area (Å²) in [5.74, 6) is 0.840. The number of nitrogens with two attached hydrogens (primary N) is 1. The molecule has 3 nitrogen and oxygen atoms in total. The van der Waals surface area contributed by atoms with Gasteiger partial charge in [0.2, 0.25) is 0 Å². The number of nitrogens with zero attached hydrogens (tertiary/aromatic N) is 1. The number of fused-ring (bicyclic) bond motifs is 1. The van der Waals surface area contributed by atoms with Gasteiger partial charge in [-0.15, -0.1) is 0 Å². The highest BCUT2D eigenvalue weighted by molar-refractivity contribution is 6.19. The molecule has 0 unspecified atom stereocenters. The molecular weight excluding hydrogens is 284 g/mol. The highest BCUT2D eigenvalue weighted by Crippen LogP contribution is 2.27. The molecule has 0 aliphatic heterocycles. The Morgan fingerprint density at radius 1 is 1.10 bits per heavy atom. The van der Waals surface area contributed by atoms with Crippen LogP contribution in [0.3, 0.4) is 0 Å². The Balaban J connectivity index is 1.84. The zero-order valence-corrected chi connectivity index (χ0v) is 12.4. The third-order valence-electron chi connectivity index (χ3n) is 3.48. The van der Waals surface area contributed by atoms with Gasteiger partial charge in [0.15, 0.2) is 0 Å². The van der Waals surface area contributed by atoms with Crippen LogP contribution in [0.4, 0.5) is 0 Å². The third-order valence-corrected chi connectivity index (χ3v) is 3.75. The minimum absolute atomic E-state index is 0.556. The van der Waals surface area contributed by atoms with Crippen molar-refractivity contribution < 1.29 is 4.74 Å². The highest BCUT2D eigenvalue weighted by atomic mass is 35.5. The molecule has 108 valence electrons. The summed E-state index contributed by atoms with van der Waals surface area (Å²) in [6, 6.07) is 16.1. The maximum atomic E-state index is 6.17. The molecule has 1 aromatic heterocycles. The summed E-state index contributed by atoms with van der Waals surface area (Å²) in [5, 5.41) is 1.10. The second-order valence-electron chi connectivity index (χ2n) is 4.96. The van der Waals surface area contributed by atoms with Crippen LogP contribution in [0.2, 0.25) is 0 Å². The Morgan fingerprint density at radius 2 is 1.90 bits per heavy atom. The second-order valence-corrected chi connectivity index (χ2v) is 5.32. The van der Waals surface area contributed by atoms with Crippen LogP contribution in [0.5, 0.6) is 5.75 Å². The Hall–Kier alpha value is -1.97. The lowest BCUT2D eigenvalue weighted by atomic mass is 10.1. The minimum Gasteiger partial charge on any atom is -0.489 e. The molecule has 21 heavy (non-hydrogen) atoms. The van der Waals surface area contributed by atoms with E-state index in [0.717, 1.165) is 34.2 Å². The van der Waals surface area contributed by atoms with Gasteiger partial charge in [0.05, 0.1) is 5.52 Å². The van der Waals surface area contributed by atoms with Crippen molar-refractivity contribution in [3.05, 3.63) is 65.9 Å². The molecule has 4 heteroatoms. The van der Waals surface area contributed by atoms with Crippen LogP contribution in [0.25, 0.3) is 10.9 Å². The quantitative estimate of drug-likeness (QED) is 0.780. The van der Waals surface area contributed by atoms with E-state index in [1.54, 1.807) is 4.09 Å². The molecule has 0 aliphatic carbocycles. The average molecular weight is 301 g/mol. The Labute approximate surface area is 129 Å². The summed E-state index contributed by atoms with van der Waals surface area (Å²) in [6.07, 6.45) is 2.72. The van der Waals surface area contributed by atoms with E-state index in [-0.39, 0.29) is 0 Å². The van der Waals surface area contributed by atoms with Gasteiger partial charge >= 0.3 is 0 Å². The van der Waals surface area contributed by atoms with Gasteiger partial charge in [-0.1, -0.05) is 30.3 Å². The Morgan fingerprint density at radius 3 is 2.67 bits per heavy atom. The molecule has 2 aromatic carbocycles. The zero-order chi connectivity index (χ0) is 14.7. The van der Waals surface area contributed by atoms with Gasteiger partial charge in [-0.25, -0.2) is 0 Å². The van der Waals surface area contributed by atoms with Gasteiger partial charge in [0, 0.05) is 23.4 Å². The van der Waals surface area contributed by atoms with Gasteiger partial charge in [-0.3, -0.25) is 4.09 Å². The van der Waals surface area contributed by atoms with E-state index < -0.39 is 0 Å². The number of aromatic nitrogens is 1. The summed E-state index contributed by atoms with van der Waals surface area (Å²) in [5.41, 5.74) is 8.92. The fourth-order valence-corrected chi connectivity index (χ4v) is 2.69. The van der Waals surface area contributed by atoms with Crippen molar-refractivity contribution in [2.75, 3.05) is 6.54 Å². The normalized spacial score (nSPS) is 11.0. The van der Waals surface area contributed by atoms with E-state index in [4.69, 9.17) is 22.2 Å². The first-order valence-corrected chi connectivity index (χ1v) is 7.28. The predicted octanol–water partition coefficient (Wildman–Crippen LogP) is 3.72. The van der Waals surface area contributed by atoms with E-state index in [0.29, 0.717) is 13.2 Å². The van der Waals surface area contributed by atoms with E-state index >= 15 is 0 Å².